The minimum absolute atomic E-state index is 0.0156. The van der Waals surface area contributed by atoms with E-state index in [2.05, 4.69) is 14.7 Å². The van der Waals surface area contributed by atoms with Crippen molar-refractivity contribution in [3.63, 3.8) is 0 Å². The van der Waals surface area contributed by atoms with Crippen molar-refractivity contribution in [1.82, 2.24) is 24.6 Å². The maximum absolute atomic E-state index is 13.7. The van der Waals surface area contributed by atoms with Gasteiger partial charge < -0.3 is 23.5 Å². The number of carbonyl (C=O) groups excluding carboxylic acids is 1. The molecule has 4 heterocycles. The number of carbonyl (C=O) groups is 1. The van der Waals surface area contributed by atoms with Crippen LogP contribution >= 0.6 is 0 Å². The summed E-state index contributed by atoms with van der Waals surface area (Å²) in [7, 11) is 0. The maximum Gasteiger partial charge on any atom is 0.231 e. The quantitative estimate of drug-likeness (QED) is 0.627. The van der Waals surface area contributed by atoms with Crippen LogP contribution < -0.4 is 9.47 Å². The highest BCUT2D eigenvalue weighted by Gasteiger charge is 2.54. The largest absolute Gasteiger partial charge is 0.454 e. The summed E-state index contributed by atoms with van der Waals surface area (Å²) in [6.07, 6.45) is 7.06. The summed E-state index contributed by atoms with van der Waals surface area (Å²) in [6, 6.07) is 5.63. The average molecular weight is 433 g/mol. The van der Waals surface area contributed by atoms with Gasteiger partial charge in [0.15, 0.2) is 11.5 Å². The first kappa shape index (κ1) is 18.2. The summed E-state index contributed by atoms with van der Waals surface area (Å²) in [6.45, 7) is 2.30. The number of rotatable bonds is 3. The molecule has 1 amide bonds. The number of hydrogen-bond donors (Lipinski definition) is 0. The van der Waals surface area contributed by atoms with E-state index in [0.717, 1.165) is 49.5 Å². The van der Waals surface area contributed by atoms with Crippen LogP contribution in [0.4, 0.5) is 0 Å². The molecule has 2 fully saturated rings. The Labute approximate surface area is 184 Å². The Morgan fingerprint density at radius 3 is 2.97 bits per heavy atom. The van der Waals surface area contributed by atoms with Gasteiger partial charge in [0.1, 0.15) is 5.82 Å². The fourth-order valence-corrected chi connectivity index (χ4v) is 6.10. The molecule has 1 aromatic carbocycles. The predicted octanol–water partition coefficient (Wildman–Crippen LogP) is 2.83. The lowest BCUT2D eigenvalue weighted by atomic mass is 9.78. The lowest BCUT2D eigenvalue weighted by molar-refractivity contribution is -0.139. The zero-order valence-corrected chi connectivity index (χ0v) is 17.5. The van der Waals surface area contributed by atoms with Crippen molar-refractivity contribution >= 4 is 5.91 Å². The number of amides is 1. The Hall–Kier alpha value is -3.36. The minimum Gasteiger partial charge on any atom is -0.454 e. The number of fused-ring (bicyclic) bond motifs is 4. The van der Waals surface area contributed by atoms with Gasteiger partial charge in [0.2, 0.25) is 24.4 Å². The zero-order chi connectivity index (χ0) is 21.2. The Balaban J connectivity index is 1.17. The second kappa shape index (κ2) is 6.82. The van der Waals surface area contributed by atoms with E-state index < -0.39 is 0 Å². The van der Waals surface area contributed by atoms with Gasteiger partial charge >= 0.3 is 0 Å². The molecule has 2 aromatic heterocycles. The van der Waals surface area contributed by atoms with Crippen molar-refractivity contribution in [2.24, 2.45) is 17.8 Å². The molecule has 0 saturated heterocycles. The standard InChI is InChI=1S/C23H23N5O4/c29-23(28-8-7-27-6-5-24-18(27)11-28)20-14-2-1-13(9-14)19(20)22-25-21(26-32-22)15-3-4-16-17(10-15)31-12-30-16/h3-6,10,13-14,19-20H,1-2,7-9,11-12H2/t13-,14+,19+,20+/m1/s1. The molecular weight excluding hydrogens is 410 g/mol. The molecule has 4 aliphatic rings. The van der Waals surface area contributed by atoms with Gasteiger partial charge in [0.25, 0.3) is 0 Å². The van der Waals surface area contributed by atoms with E-state index in [-0.39, 0.29) is 24.5 Å². The lowest BCUT2D eigenvalue weighted by Gasteiger charge is -2.34. The summed E-state index contributed by atoms with van der Waals surface area (Å²) in [5, 5.41) is 4.25. The van der Waals surface area contributed by atoms with Gasteiger partial charge in [-0.15, -0.1) is 0 Å². The summed E-state index contributed by atoms with van der Waals surface area (Å²) in [4.78, 5) is 24.8. The fraction of sp³-hybridized carbons (Fsp3) is 0.478. The third kappa shape index (κ3) is 2.69. The number of ether oxygens (including phenoxy) is 2. The molecule has 0 N–H and O–H groups in total. The highest BCUT2D eigenvalue weighted by Crippen LogP contribution is 2.57. The molecule has 9 heteroatoms. The molecule has 2 aliphatic carbocycles. The van der Waals surface area contributed by atoms with E-state index in [1.165, 1.54) is 0 Å². The molecule has 0 radical (unpaired) electrons. The SMILES string of the molecule is O=C([C@H]1[C@H]2CC[C@H](C2)[C@@H]1c1nc(-c2ccc3c(c2)OCO3)no1)N1CCn2ccnc2C1. The van der Waals surface area contributed by atoms with Gasteiger partial charge in [0, 0.05) is 31.0 Å². The van der Waals surface area contributed by atoms with Crippen LogP contribution in [0.5, 0.6) is 11.5 Å². The number of benzene rings is 1. The normalized spacial score (nSPS) is 27.7. The first-order valence-electron chi connectivity index (χ1n) is 11.3. The number of aromatic nitrogens is 4. The Morgan fingerprint density at radius 2 is 2.00 bits per heavy atom. The van der Waals surface area contributed by atoms with Gasteiger partial charge in [-0.2, -0.15) is 4.98 Å². The molecule has 3 aromatic rings. The van der Waals surface area contributed by atoms with E-state index in [4.69, 9.17) is 19.0 Å². The van der Waals surface area contributed by atoms with Crippen LogP contribution in [-0.4, -0.2) is 43.8 Å². The number of nitrogens with zero attached hydrogens (tertiary/aromatic N) is 5. The molecule has 0 spiro atoms. The molecular formula is C23H23N5O4. The highest BCUT2D eigenvalue weighted by molar-refractivity contribution is 5.81. The van der Waals surface area contributed by atoms with Gasteiger partial charge in [0.05, 0.1) is 18.4 Å². The van der Waals surface area contributed by atoms with Crippen molar-refractivity contribution in [2.75, 3.05) is 13.3 Å². The van der Waals surface area contributed by atoms with E-state index in [0.29, 0.717) is 35.8 Å². The molecule has 4 atom stereocenters. The highest BCUT2D eigenvalue weighted by atomic mass is 16.7. The van der Waals surface area contributed by atoms with E-state index in [1.54, 1.807) is 6.20 Å². The zero-order valence-electron chi connectivity index (χ0n) is 17.5. The number of hydrogen-bond acceptors (Lipinski definition) is 7. The third-order valence-corrected chi connectivity index (χ3v) is 7.62. The molecule has 7 rings (SSSR count). The monoisotopic (exact) mass is 433 g/mol. The smallest absolute Gasteiger partial charge is 0.231 e. The molecule has 164 valence electrons. The van der Waals surface area contributed by atoms with E-state index in [9.17, 15) is 4.79 Å². The van der Waals surface area contributed by atoms with Crippen LogP contribution in [0.3, 0.4) is 0 Å². The van der Waals surface area contributed by atoms with E-state index >= 15 is 0 Å². The first-order chi connectivity index (χ1) is 15.7. The average Bonchev–Trinajstić information content (AvgIpc) is 3.64. The van der Waals surface area contributed by atoms with Crippen LogP contribution in [-0.2, 0) is 17.9 Å². The third-order valence-electron chi connectivity index (χ3n) is 7.62. The van der Waals surface area contributed by atoms with Gasteiger partial charge in [-0.25, -0.2) is 4.98 Å². The van der Waals surface area contributed by atoms with Crippen LogP contribution in [0.15, 0.2) is 35.1 Å². The van der Waals surface area contributed by atoms with Crippen molar-refractivity contribution in [1.29, 1.82) is 0 Å². The van der Waals surface area contributed by atoms with Crippen molar-refractivity contribution < 1.29 is 18.8 Å². The summed E-state index contributed by atoms with van der Waals surface area (Å²) in [5.74, 6) is 4.37. The molecule has 9 nitrogen and oxygen atoms in total. The Bertz CT molecular complexity index is 1200. The Morgan fingerprint density at radius 1 is 1.09 bits per heavy atom. The molecule has 2 bridgehead atoms. The summed E-state index contributed by atoms with van der Waals surface area (Å²) in [5.41, 5.74) is 0.818. The van der Waals surface area contributed by atoms with Crippen molar-refractivity contribution in [3.05, 3.63) is 42.3 Å². The maximum atomic E-state index is 13.7. The van der Waals surface area contributed by atoms with E-state index in [1.807, 2.05) is 29.3 Å². The molecule has 32 heavy (non-hydrogen) atoms. The van der Waals surface area contributed by atoms with Crippen LogP contribution in [0.1, 0.15) is 36.9 Å². The second-order valence-electron chi connectivity index (χ2n) is 9.21. The fourth-order valence-electron chi connectivity index (χ4n) is 6.10. The molecule has 2 saturated carbocycles. The Kier molecular flexibility index (Phi) is 3.88. The van der Waals surface area contributed by atoms with Crippen molar-refractivity contribution in [2.45, 2.75) is 38.3 Å². The van der Waals surface area contributed by atoms with Crippen LogP contribution in [0.2, 0.25) is 0 Å². The summed E-state index contributed by atoms with van der Waals surface area (Å²) < 4.78 is 18.8. The van der Waals surface area contributed by atoms with Gasteiger partial charge in [-0.1, -0.05) is 5.16 Å². The molecule has 0 unspecified atom stereocenters. The van der Waals surface area contributed by atoms with Gasteiger partial charge in [-0.3, -0.25) is 4.79 Å². The second-order valence-corrected chi connectivity index (χ2v) is 9.21. The number of imidazole rings is 1. The first-order valence-corrected chi connectivity index (χ1v) is 11.3. The topological polar surface area (TPSA) is 95.5 Å². The summed E-state index contributed by atoms with van der Waals surface area (Å²) >= 11 is 0. The van der Waals surface area contributed by atoms with Crippen LogP contribution in [0, 0.1) is 17.8 Å². The van der Waals surface area contributed by atoms with Gasteiger partial charge in [-0.05, 0) is 49.3 Å². The minimum atomic E-state index is -0.0969. The lowest BCUT2D eigenvalue weighted by Crippen LogP contribution is -2.44. The predicted molar refractivity (Wildman–Crippen MR) is 111 cm³/mol. The molecule has 2 aliphatic heterocycles. The van der Waals surface area contributed by atoms with Crippen LogP contribution in [0.25, 0.3) is 11.4 Å². The van der Waals surface area contributed by atoms with Crippen molar-refractivity contribution in [3.8, 4) is 22.9 Å².